The maximum Gasteiger partial charge on any atom is 0.270 e. The number of carbonyl (C=O) groups excluding carboxylic acids is 1. The highest BCUT2D eigenvalue weighted by Crippen LogP contribution is 2.46. The number of para-hydroxylation sites is 1. The summed E-state index contributed by atoms with van der Waals surface area (Å²) in [5.41, 5.74) is 1.39. The van der Waals surface area contributed by atoms with Gasteiger partial charge in [-0.15, -0.1) is 0 Å². The number of hydrogen-bond donors (Lipinski definition) is 1. The molecule has 1 amide bonds. The van der Waals surface area contributed by atoms with Crippen LogP contribution in [0.15, 0.2) is 48.7 Å². The molecular weight excluding hydrogens is 300 g/mol. The summed E-state index contributed by atoms with van der Waals surface area (Å²) >= 11 is 0. The van der Waals surface area contributed by atoms with Crippen molar-refractivity contribution < 1.29 is 9.53 Å². The zero-order valence-corrected chi connectivity index (χ0v) is 13.7. The number of fused-ring (bicyclic) bond motifs is 1. The summed E-state index contributed by atoms with van der Waals surface area (Å²) in [7, 11) is 0. The molecule has 0 saturated heterocycles. The first-order chi connectivity index (χ1) is 11.8. The van der Waals surface area contributed by atoms with E-state index in [1.807, 2.05) is 36.4 Å². The van der Waals surface area contributed by atoms with Crippen molar-refractivity contribution in [1.82, 2.24) is 10.3 Å². The minimum Gasteiger partial charge on any atom is -0.487 e. The molecule has 4 nitrogen and oxygen atoms in total. The molecule has 24 heavy (non-hydrogen) atoms. The van der Waals surface area contributed by atoms with Crippen LogP contribution in [0.5, 0.6) is 5.75 Å². The van der Waals surface area contributed by atoms with E-state index in [0.717, 1.165) is 30.6 Å². The second kappa shape index (κ2) is 6.27. The van der Waals surface area contributed by atoms with Gasteiger partial charge in [0.15, 0.2) is 0 Å². The summed E-state index contributed by atoms with van der Waals surface area (Å²) in [6, 6.07) is 13.4. The predicted octanol–water partition coefficient (Wildman–Crippen LogP) is 4.04. The van der Waals surface area contributed by atoms with Gasteiger partial charge in [-0.2, -0.15) is 0 Å². The molecule has 1 aromatic heterocycles. The van der Waals surface area contributed by atoms with Crippen LogP contribution in [0.25, 0.3) is 0 Å². The number of amides is 1. The normalized spacial score (nSPS) is 21.6. The Balaban J connectivity index is 1.62. The zero-order chi connectivity index (χ0) is 16.4. The molecule has 124 valence electrons. The van der Waals surface area contributed by atoms with E-state index in [1.165, 1.54) is 19.3 Å². The van der Waals surface area contributed by atoms with E-state index in [1.54, 1.807) is 12.3 Å². The molecule has 1 aliphatic heterocycles. The molecule has 2 aromatic rings. The van der Waals surface area contributed by atoms with E-state index in [2.05, 4.69) is 10.3 Å². The van der Waals surface area contributed by atoms with Gasteiger partial charge in [-0.3, -0.25) is 9.78 Å². The van der Waals surface area contributed by atoms with Crippen LogP contribution in [-0.4, -0.2) is 16.5 Å². The smallest absolute Gasteiger partial charge is 0.270 e. The summed E-state index contributed by atoms with van der Waals surface area (Å²) in [5, 5.41) is 3.18. The van der Waals surface area contributed by atoms with Crippen LogP contribution in [0.1, 0.15) is 60.6 Å². The van der Waals surface area contributed by atoms with Crippen LogP contribution in [0.3, 0.4) is 0 Å². The second-order valence-electron chi connectivity index (χ2n) is 6.83. The van der Waals surface area contributed by atoms with Gasteiger partial charge in [-0.1, -0.05) is 30.7 Å². The van der Waals surface area contributed by atoms with E-state index < -0.39 is 0 Å². The van der Waals surface area contributed by atoms with Gasteiger partial charge in [0, 0.05) is 18.2 Å². The lowest BCUT2D eigenvalue weighted by Gasteiger charge is -2.44. The molecule has 1 aromatic carbocycles. The van der Waals surface area contributed by atoms with Gasteiger partial charge in [0.2, 0.25) is 0 Å². The monoisotopic (exact) mass is 322 g/mol. The Labute approximate surface area is 142 Å². The quantitative estimate of drug-likeness (QED) is 0.908. The van der Waals surface area contributed by atoms with Crippen molar-refractivity contribution in [3.63, 3.8) is 0 Å². The summed E-state index contributed by atoms with van der Waals surface area (Å²) < 4.78 is 6.41. The molecule has 1 fully saturated rings. The third-order valence-electron chi connectivity index (χ3n) is 5.16. The number of ether oxygens (including phenoxy) is 1. The fourth-order valence-corrected chi connectivity index (χ4v) is 3.98. The van der Waals surface area contributed by atoms with Gasteiger partial charge in [0.1, 0.15) is 17.0 Å². The highest BCUT2D eigenvalue weighted by Gasteiger charge is 2.42. The fourth-order valence-electron chi connectivity index (χ4n) is 3.98. The van der Waals surface area contributed by atoms with Crippen LogP contribution in [-0.2, 0) is 0 Å². The van der Waals surface area contributed by atoms with Crippen molar-refractivity contribution in [2.75, 3.05) is 0 Å². The van der Waals surface area contributed by atoms with Gasteiger partial charge in [-0.05, 0) is 43.9 Å². The lowest BCUT2D eigenvalue weighted by molar-refractivity contribution is -0.00212. The average molecular weight is 322 g/mol. The highest BCUT2D eigenvalue weighted by molar-refractivity contribution is 5.92. The van der Waals surface area contributed by atoms with E-state index in [0.29, 0.717) is 5.69 Å². The number of carbonyl (C=O) groups is 1. The molecular formula is C20H22N2O2. The van der Waals surface area contributed by atoms with Gasteiger partial charge in [-0.25, -0.2) is 0 Å². The van der Waals surface area contributed by atoms with Crippen molar-refractivity contribution in [1.29, 1.82) is 0 Å². The van der Waals surface area contributed by atoms with Crippen molar-refractivity contribution in [2.24, 2.45) is 0 Å². The Kier molecular flexibility index (Phi) is 3.97. The minimum absolute atomic E-state index is 0.0254. The molecule has 4 rings (SSSR count). The molecule has 0 unspecified atom stereocenters. The molecule has 4 heteroatoms. The zero-order valence-electron chi connectivity index (χ0n) is 13.7. The first kappa shape index (κ1) is 15.2. The molecule has 1 aliphatic carbocycles. The van der Waals surface area contributed by atoms with E-state index >= 15 is 0 Å². The number of pyridine rings is 1. The molecule has 0 bridgehead atoms. The van der Waals surface area contributed by atoms with E-state index in [9.17, 15) is 4.79 Å². The Morgan fingerprint density at radius 2 is 1.88 bits per heavy atom. The predicted molar refractivity (Wildman–Crippen MR) is 91.9 cm³/mol. The topological polar surface area (TPSA) is 51.2 Å². The summed E-state index contributed by atoms with van der Waals surface area (Å²) in [5.74, 6) is 0.792. The SMILES string of the molecule is O=C(N[C@H]1CC2(CCCCC2)Oc2ccccc21)c1ccccn1. The van der Waals surface area contributed by atoms with Crippen LogP contribution in [0.4, 0.5) is 0 Å². The Hall–Kier alpha value is -2.36. The Morgan fingerprint density at radius 1 is 1.08 bits per heavy atom. The number of nitrogens with zero attached hydrogens (tertiary/aromatic N) is 1. The minimum atomic E-state index is -0.130. The first-order valence-electron chi connectivity index (χ1n) is 8.76. The van der Waals surface area contributed by atoms with Crippen LogP contribution < -0.4 is 10.1 Å². The Bertz CT molecular complexity index is 723. The fraction of sp³-hybridized carbons (Fsp3) is 0.400. The van der Waals surface area contributed by atoms with Gasteiger partial charge in [0.05, 0.1) is 6.04 Å². The summed E-state index contributed by atoms with van der Waals surface area (Å²) in [6.45, 7) is 0. The van der Waals surface area contributed by atoms with Crippen molar-refractivity contribution in [2.45, 2.75) is 50.2 Å². The standard InChI is InChI=1S/C20H22N2O2/c23-19(16-9-4-7-13-21-16)22-17-14-20(11-5-1-6-12-20)24-18-10-3-2-8-15(17)18/h2-4,7-10,13,17H,1,5-6,11-12,14H2,(H,22,23)/t17-/m0/s1. The van der Waals surface area contributed by atoms with Crippen molar-refractivity contribution >= 4 is 5.91 Å². The number of nitrogens with one attached hydrogen (secondary N) is 1. The number of hydrogen-bond acceptors (Lipinski definition) is 3. The second-order valence-corrected chi connectivity index (χ2v) is 6.83. The maximum atomic E-state index is 12.6. The molecule has 1 saturated carbocycles. The number of aromatic nitrogens is 1. The maximum absolute atomic E-state index is 12.6. The lowest BCUT2D eigenvalue weighted by atomic mass is 9.77. The van der Waals surface area contributed by atoms with Crippen LogP contribution in [0.2, 0.25) is 0 Å². The number of rotatable bonds is 2. The lowest BCUT2D eigenvalue weighted by Crippen LogP contribution is -2.46. The van der Waals surface area contributed by atoms with Crippen molar-refractivity contribution in [3.05, 3.63) is 59.9 Å². The average Bonchev–Trinajstić information content (AvgIpc) is 2.63. The molecule has 1 spiro atoms. The van der Waals surface area contributed by atoms with Gasteiger partial charge >= 0.3 is 0 Å². The van der Waals surface area contributed by atoms with E-state index in [4.69, 9.17) is 4.74 Å². The van der Waals surface area contributed by atoms with Crippen LogP contribution in [0, 0.1) is 0 Å². The van der Waals surface area contributed by atoms with E-state index in [-0.39, 0.29) is 17.6 Å². The Morgan fingerprint density at radius 3 is 2.67 bits per heavy atom. The van der Waals surface area contributed by atoms with Gasteiger partial charge < -0.3 is 10.1 Å². The van der Waals surface area contributed by atoms with Crippen LogP contribution >= 0.6 is 0 Å². The molecule has 1 atom stereocenters. The molecule has 1 N–H and O–H groups in total. The third-order valence-corrected chi connectivity index (χ3v) is 5.16. The highest BCUT2D eigenvalue weighted by atomic mass is 16.5. The van der Waals surface area contributed by atoms with Gasteiger partial charge in [0.25, 0.3) is 5.91 Å². The number of benzene rings is 1. The van der Waals surface area contributed by atoms with Crippen molar-refractivity contribution in [3.8, 4) is 5.75 Å². The summed E-state index contributed by atoms with van der Waals surface area (Å²) in [4.78, 5) is 16.7. The third kappa shape index (κ3) is 2.88. The molecule has 2 heterocycles. The summed E-state index contributed by atoms with van der Waals surface area (Å²) in [6.07, 6.45) is 8.29. The first-order valence-corrected chi connectivity index (χ1v) is 8.76. The molecule has 2 aliphatic rings. The largest absolute Gasteiger partial charge is 0.487 e. The molecule has 0 radical (unpaired) electrons.